The normalized spacial score (nSPS) is 11.7. The van der Waals surface area contributed by atoms with E-state index in [2.05, 4.69) is 29.7 Å². The number of carbonyl (C=O) groups is 1. The van der Waals surface area contributed by atoms with Crippen LogP contribution in [0.1, 0.15) is 24.9 Å². The minimum absolute atomic E-state index is 0.236. The summed E-state index contributed by atoms with van der Waals surface area (Å²) in [5, 5.41) is 6.04. The van der Waals surface area contributed by atoms with Crippen molar-refractivity contribution in [2.45, 2.75) is 19.4 Å². The Hall–Kier alpha value is -2.49. The van der Waals surface area contributed by atoms with E-state index in [-0.39, 0.29) is 6.04 Å². The van der Waals surface area contributed by atoms with E-state index in [0.717, 1.165) is 12.1 Å². The molecule has 0 fully saturated rings. The van der Waals surface area contributed by atoms with E-state index >= 15 is 0 Å². The number of benzene rings is 2. The third kappa shape index (κ3) is 3.75. The summed E-state index contributed by atoms with van der Waals surface area (Å²) in [6.45, 7) is 2.14. The molecule has 0 radical (unpaired) electrons. The summed E-state index contributed by atoms with van der Waals surface area (Å²) >= 11 is 0. The molecule has 0 heterocycles. The van der Waals surface area contributed by atoms with Gasteiger partial charge in [-0.1, -0.05) is 43.3 Å². The number of carbonyl (C=O) groups excluding carboxylic acids is 1. The lowest BCUT2D eigenvalue weighted by molar-refractivity contribution is 0.259. The lowest BCUT2D eigenvalue weighted by Crippen LogP contribution is -2.19. The molecule has 2 aromatic carbocycles. The maximum absolute atomic E-state index is 10.9. The molecule has 2 aromatic rings. The molecule has 0 aliphatic heterocycles. The van der Waals surface area contributed by atoms with Crippen molar-refractivity contribution in [3.05, 3.63) is 60.2 Å². The number of hydrogen-bond acceptors (Lipinski definition) is 2. The van der Waals surface area contributed by atoms with E-state index in [9.17, 15) is 4.79 Å². The summed E-state index contributed by atoms with van der Waals surface area (Å²) in [7, 11) is 0. The van der Waals surface area contributed by atoms with Crippen LogP contribution in [-0.2, 0) is 0 Å². The van der Waals surface area contributed by atoms with Gasteiger partial charge in [0, 0.05) is 11.4 Å². The Kier molecular flexibility index (Phi) is 4.60. The number of nitrogens with two attached hydrogens (primary N) is 1. The molecule has 20 heavy (non-hydrogen) atoms. The molecule has 0 aromatic heterocycles. The van der Waals surface area contributed by atoms with Crippen LogP contribution in [0.25, 0.3) is 0 Å². The van der Waals surface area contributed by atoms with Crippen LogP contribution < -0.4 is 16.4 Å². The van der Waals surface area contributed by atoms with Crippen LogP contribution >= 0.6 is 0 Å². The molecule has 4 heteroatoms. The molecule has 1 atom stereocenters. The van der Waals surface area contributed by atoms with Crippen molar-refractivity contribution in [1.82, 2.24) is 0 Å². The van der Waals surface area contributed by atoms with Crippen LogP contribution in [0.15, 0.2) is 54.6 Å². The average Bonchev–Trinajstić information content (AvgIpc) is 2.45. The quantitative estimate of drug-likeness (QED) is 0.774. The summed E-state index contributed by atoms with van der Waals surface area (Å²) < 4.78 is 0. The van der Waals surface area contributed by atoms with Gasteiger partial charge in [0.1, 0.15) is 0 Å². The van der Waals surface area contributed by atoms with E-state index in [4.69, 9.17) is 5.73 Å². The van der Waals surface area contributed by atoms with Crippen LogP contribution in [-0.4, -0.2) is 6.03 Å². The fourth-order valence-corrected chi connectivity index (χ4v) is 2.14. The molecular weight excluding hydrogens is 250 g/mol. The number of amides is 2. The predicted octanol–water partition coefficient (Wildman–Crippen LogP) is 3.74. The fourth-order valence-electron chi connectivity index (χ4n) is 2.14. The molecule has 0 saturated carbocycles. The van der Waals surface area contributed by atoms with Crippen molar-refractivity contribution in [3.63, 3.8) is 0 Å². The third-order valence-electron chi connectivity index (χ3n) is 3.08. The first kappa shape index (κ1) is 13.9. The highest BCUT2D eigenvalue weighted by Crippen LogP contribution is 2.24. The first-order valence-electron chi connectivity index (χ1n) is 6.67. The van der Waals surface area contributed by atoms with E-state index in [1.54, 1.807) is 6.07 Å². The van der Waals surface area contributed by atoms with Gasteiger partial charge in [-0.05, 0) is 30.2 Å². The minimum Gasteiger partial charge on any atom is -0.378 e. The van der Waals surface area contributed by atoms with Crippen molar-refractivity contribution in [1.29, 1.82) is 0 Å². The standard InChI is InChI=1S/C16H19N3O/c1-2-15(12-7-4-3-5-8-12)18-13-9-6-10-14(11-13)19-16(17)20/h3-11,15,18H,2H2,1H3,(H3,17,19,20). The summed E-state index contributed by atoms with van der Waals surface area (Å²) in [4.78, 5) is 10.9. The molecule has 2 rings (SSSR count). The molecule has 104 valence electrons. The predicted molar refractivity (Wildman–Crippen MR) is 82.7 cm³/mol. The number of rotatable bonds is 5. The SMILES string of the molecule is CCC(Nc1cccc(NC(N)=O)c1)c1ccccc1. The van der Waals surface area contributed by atoms with Gasteiger partial charge in [-0.2, -0.15) is 0 Å². The largest absolute Gasteiger partial charge is 0.378 e. The molecule has 0 spiro atoms. The number of primary amides is 1. The van der Waals surface area contributed by atoms with Gasteiger partial charge < -0.3 is 16.4 Å². The number of urea groups is 1. The molecule has 0 bridgehead atoms. The van der Waals surface area contributed by atoms with Gasteiger partial charge >= 0.3 is 6.03 Å². The number of nitrogens with one attached hydrogen (secondary N) is 2. The van der Waals surface area contributed by atoms with Crippen LogP contribution in [0.4, 0.5) is 16.2 Å². The Morgan fingerprint density at radius 3 is 2.45 bits per heavy atom. The van der Waals surface area contributed by atoms with Gasteiger partial charge in [0.05, 0.1) is 6.04 Å². The van der Waals surface area contributed by atoms with Crippen molar-refractivity contribution >= 4 is 17.4 Å². The zero-order valence-electron chi connectivity index (χ0n) is 11.5. The maximum Gasteiger partial charge on any atom is 0.316 e. The zero-order chi connectivity index (χ0) is 14.4. The van der Waals surface area contributed by atoms with E-state index in [1.807, 2.05) is 36.4 Å². The van der Waals surface area contributed by atoms with Crippen LogP contribution in [0.2, 0.25) is 0 Å². The van der Waals surface area contributed by atoms with Gasteiger partial charge in [-0.15, -0.1) is 0 Å². The second-order valence-corrected chi connectivity index (χ2v) is 4.59. The van der Waals surface area contributed by atoms with E-state index < -0.39 is 6.03 Å². The molecule has 4 N–H and O–H groups in total. The molecule has 1 unspecified atom stereocenters. The first-order chi connectivity index (χ1) is 9.69. The molecular formula is C16H19N3O. The Labute approximate surface area is 119 Å². The summed E-state index contributed by atoms with van der Waals surface area (Å²) in [6, 6.07) is 17.5. The Balaban J connectivity index is 2.13. The van der Waals surface area contributed by atoms with Crippen LogP contribution in [0.5, 0.6) is 0 Å². The first-order valence-corrected chi connectivity index (χ1v) is 6.67. The molecule has 4 nitrogen and oxygen atoms in total. The van der Waals surface area contributed by atoms with Crippen molar-refractivity contribution in [2.75, 3.05) is 10.6 Å². The Morgan fingerprint density at radius 2 is 1.80 bits per heavy atom. The van der Waals surface area contributed by atoms with Gasteiger partial charge in [0.15, 0.2) is 0 Å². The summed E-state index contributed by atoms with van der Waals surface area (Å²) in [5.74, 6) is 0. The Bertz CT molecular complexity index is 569. The number of anilines is 2. The zero-order valence-corrected chi connectivity index (χ0v) is 11.5. The van der Waals surface area contributed by atoms with E-state index in [1.165, 1.54) is 5.56 Å². The molecule has 0 aliphatic carbocycles. The smallest absolute Gasteiger partial charge is 0.316 e. The fraction of sp³-hybridized carbons (Fsp3) is 0.188. The second-order valence-electron chi connectivity index (χ2n) is 4.59. The highest BCUT2D eigenvalue weighted by molar-refractivity contribution is 5.88. The Morgan fingerprint density at radius 1 is 1.10 bits per heavy atom. The summed E-state index contributed by atoms with van der Waals surface area (Å²) in [5.41, 5.74) is 8.00. The second kappa shape index (κ2) is 6.61. The third-order valence-corrected chi connectivity index (χ3v) is 3.08. The van der Waals surface area contributed by atoms with E-state index in [0.29, 0.717) is 5.69 Å². The topological polar surface area (TPSA) is 67.2 Å². The van der Waals surface area contributed by atoms with Gasteiger partial charge in [-0.3, -0.25) is 0 Å². The average molecular weight is 269 g/mol. The van der Waals surface area contributed by atoms with Crippen molar-refractivity contribution in [3.8, 4) is 0 Å². The van der Waals surface area contributed by atoms with Crippen LogP contribution in [0.3, 0.4) is 0 Å². The minimum atomic E-state index is -0.558. The van der Waals surface area contributed by atoms with Crippen LogP contribution in [0, 0.1) is 0 Å². The van der Waals surface area contributed by atoms with Gasteiger partial charge in [0.25, 0.3) is 0 Å². The lowest BCUT2D eigenvalue weighted by Gasteiger charge is -2.19. The lowest BCUT2D eigenvalue weighted by atomic mass is 10.0. The van der Waals surface area contributed by atoms with Gasteiger partial charge in [-0.25, -0.2) is 4.79 Å². The maximum atomic E-state index is 10.9. The van der Waals surface area contributed by atoms with Crippen molar-refractivity contribution in [2.24, 2.45) is 5.73 Å². The molecule has 0 saturated heterocycles. The summed E-state index contributed by atoms with van der Waals surface area (Å²) in [6.07, 6.45) is 0.970. The highest BCUT2D eigenvalue weighted by Gasteiger charge is 2.08. The molecule has 2 amide bonds. The van der Waals surface area contributed by atoms with Gasteiger partial charge in [0.2, 0.25) is 0 Å². The number of hydrogen-bond donors (Lipinski definition) is 3. The monoisotopic (exact) mass is 269 g/mol. The highest BCUT2D eigenvalue weighted by atomic mass is 16.2. The molecule has 0 aliphatic rings. The van der Waals surface area contributed by atoms with Crippen molar-refractivity contribution < 1.29 is 4.79 Å².